The van der Waals surface area contributed by atoms with Crippen LogP contribution in [-0.4, -0.2) is 35.1 Å². The Hall–Kier alpha value is -1.81. The molecule has 1 aliphatic rings. The number of rotatable bonds is 6. The molecule has 0 saturated carbocycles. The molecule has 0 aromatic carbocycles. The molecular weight excluding hydrogens is 348 g/mol. The highest BCUT2D eigenvalue weighted by atomic mass is 31.2. The number of aryl methyl sites for hydroxylation is 1. The molecule has 25 heavy (non-hydrogen) atoms. The number of nitriles is 1. The van der Waals surface area contributed by atoms with Crippen molar-refractivity contribution >= 4 is 8.38 Å². The first-order valence-electron chi connectivity index (χ1n) is 8.43. The molecule has 1 aliphatic carbocycles. The molecular formula is C16H21FN3O4P. The Labute approximate surface area is 147 Å². The Morgan fingerprint density at radius 3 is 2.96 bits per heavy atom. The van der Waals surface area contributed by atoms with Crippen LogP contribution < -0.4 is 11.2 Å². The third kappa shape index (κ3) is 4.63. The summed E-state index contributed by atoms with van der Waals surface area (Å²) < 4.78 is 35.0. The summed E-state index contributed by atoms with van der Waals surface area (Å²) >= 11 is 0. The first-order chi connectivity index (χ1) is 12.4. The fourth-order valence-electron chi connectivity index (χ4n) is 2.51. The highest BCUT2D eigenvalue weighted by molar-refractivity contribution is 7.46. The Morgan fingerprint density at radius 1 is 1.52 bits per heavy atom. The van der Waals surface area contributed by atoms with Gasteiger partial charge >= 0.3 is 5.69 Å². The number of alkyl halides is 1. The summed E-state index contributed by atoms with van der Waals surface area (Å²) in [6.45, 7) is 3.30. The molecule has 1 aromatic heterocycles. The highest BCUT2D eigenvalue weighted by Crippen LogP contribution is 2.42. The zero-order valence-corrected chi connectivity index (χ0v) is 14.9. The van der Waals surface area contributed by atoms with E-state index >= 15 is 4.39 Å². The molecule has 2 rings (SSSR count). The number of nitrogens with zero attached hydrogens (tertiary/aromatic N) is 2. The predicted molar refractivity (Wildman–Crippen MR) is 92.2 cm³/mol. The van der Waals surface area contributed by atoms with E-state index in [0.29, 0.717) is 5.56 Å². The molecule has 9 heteroatoms. The number of aromatic amines is 1. The van der Waals surface area contributed by atoms with Crippen LogP contribution in [0.5, 0.6) is 0 Å². The van der Waals surface area contributed by atoms with Crippen molar-refractivity contribution in [2.75, 3.05) is 13.3 Å². The van der Waals surface area contributed by atoms with Crippen LogP contribution in [0.25, 0.3) is 0 Å². The average Bonchev–Trinajstić information content (AvgIpc) is 2.60. The SMILES string of the molecule is [2H]C[C@H]1C=C[C@@H](n2cc(C)c(=O)[nH]c2=O)[C@H](F)[C@@H]1OP(C)OCCC#N. The fourth-order valence-corrected chi connectivity index (χ4v) is 3.54. The lowest BCUT2D eigenvalue weighted by Crippen LogP contribution is -2.43. The number of aromatic nitrogens is 2. The van der Waals surface area contributed by atoms with Crippen molar-refractivity contribution < 1.29 is 14.8 Å². The van der Waals surface area contributed by atoms with Crippen molar-refractivity contribution in [1.82, 2.24) is 9.55 Å². The predicted octanol–water partition coefficient (Wildman–Crippen LogP) is 2.19. The third-order valence-electron chi connectivity index (χ3n) is 3.84. The molecule has 1 unspecified atom stereocenters. The molecule has 0 fully saturated rings. The van der Waals surface area contributed by atoms with E-state index in [1.807, 2.05) is 6.07 Å². The van der Waals surface area contributed by atoms with E-state index in [-0.39, 0.29) is 19.9 Å². The van der Waals surface area contributed by atoms with Gasteiger partial charge in [-0.25, -0.2) is 9.18 Å². The van der Waals surface area contributed by atoms with Gasteiger partial charge in [-0.05, 0) is 6.92 Å². The first-order valence-corrected chi connectivity index (χ1v) is 9.35. The zero-order valence-electron chi connectivity index (χ0n) is 15.0. The van der Waals surface area contributed by atoms with Crippen LogP contribution in [0.3, 0.4) is 0 Å². The Kier molecular flexibility index (Phi) is 6.14. The maximum atomic E-state index is 15.2. The second-order valence-electron chi connectivity index (χ2n) is 5.71. The standard InChI is InChI=1S/C16H21FN3O4P/c1-10-5-6-12(20-9-11(2)15(21)19-16(20)22)13(17)14(10)24-25(3)23-8-4-7-18/h5-6,9-10,12-14H,4,8H2,1-3H3,(H,19,21,22)/t10-,12+,13-,14+,25?/m0/s1/i1D. The van der Waals surface area contributed by atoms with Crippen LogP contribution in [0.15, 0.2) is 27.9 Å². The van der Waals surface area contributed by atoms with Crippen molar-refractivity contribution in [2.45, 2.75) is 38.6 Å². The summed E-state index contributed by atoms with van der Waals surface area (Å²) in [4.78, 5) is 25.8. The molecule has 5 atom stereocenters. The van der Waals surface area contributed by atoms with Gasteiger partial charge in [0.2, 0.25) is 0 Å². The normalized spacial score (nSPS) is 27.5. The number of hydrogen-bond donors (Lipinski definition) is 1. The third-order valence-corrected chi connectivity index (χ3v) is 4.93. The first kappa shape index (κ1) is 18.0. The highest BCUT2D eigenvalue weighted by Gasteiger charge is 2.38. The lowest BCUT2D eigenvalue weighted by molar-refractivity contribution is 0.0399. The number of allylic oxidation sites excluding steroid dienone is 1. The van der Waals surface area contributed by atoms with E-state index in [9.17, 15) is 9.59 Å². The molecule has 7 nitrogen and oxygen atoms in total. The maximum absolute atomic E-state index is 15.2. The van der Waals surface area contributed by atoms with Crippen molar-refractivity contribution in [3.05, 3.63) is 44.8 Å². The molecule has 0 aliphatic heterocycles. The van der Waals surface area contributed by atoms with E-state index in [1.165, 1.54) is 19.2 Å². The Morgan fingerprint density at radius 2 is 2.28 bits per heavy atom. The van der Waals surface area contributed by atoms with E-state index in [0.717, 1.165) is 4.57 Å². The molecule has 0 spiro atoms. The molecule has 0 amide bonds. The van der Waals surface area contributed by atoms with Crippen molar-refractivity contribution in [3.63, 3.8) is 0 Å². The number of halogens is 1. The minimum Gasteiger partial charge on any atom is -0.333 e. The minimum absolute atomic E-state index is 0.0742. The second-order valence-corrected chi connectivity index (χ2v) is 7.06. The summed E-state index contributed by atoms with van der Waals surface area (Å²) in [5.74, 6) is -0.481. The Bertz CT molecular complexity index is 806. The quantitative estimate of drug-likeness (QED) is 0.470. The molecule has 0 saturated heterocycles. The van der Waals surface area contributed by atoms with Crippen LogP contribution in [0.2, 0.25) is 0 Å². The monoisotopic (exact) mass is 370 g/mol. The maximum Gasteiger partial charge on any atom is 0.328 e. The van der Waals surface area contributed by atoms with Gasteiger partial charge in [0.25, 0.3) is 5.56 Å². The van der Waals surface area contributed by atoms with Gasteiger partial charge in [0.05, 0.1) is 25.1 Å². The van der Waals surface area contributed by atoms with Gasteiger partial charge in [-0.3, -0.25) is 14.3 Å². The average molecular weight is 370 g/mol. The van der Waals surface area contributed by atoms with Crippen LogP contribution in [0.4, 0.5) is 4.39 Å². The second kappa shape index (κ2) is 8.52. The zero-order chi connectivity index (χ0) is 19.3. The summed E-state index contributed by atoms with van der Waals surface area (Å²) in [5.41, 5.74) is -0.922. The van der Waals surface area contributed by atoms with Crippen molar-refractivity contribution in [2.24, 2.45) is 5.92 Å². The molecule has 0 bridgehead atoms. The summed E-state index contributed by atoms with van der Waals surface area (Å²) in [7, 11) is -1.43. The van der Waals surface area contributed by atoms with Crippen LogP contribution in [-0.2, 0) is 9.05 Å². The summed E-state index contributed by atoms with van der Waals surface area (Å²) in [5, 5.41) is 8.54. The van der Waals surface area contributed by atoms with Gasteiger partial charge in [0.15, 0.2) is 14.5 Å². The minimum atomic E-state index is -1.59. The molecule has 1 heterocycles. The van der Waals surface area contributed by atoms with Gasteiger partial charge < -0.3 is 9.05 Å². The number of H-pyrrole nitrogens is 1. The number of nitrogens with one attached hydrogen (secondary N) is 1. The fraction of sp³-hybridized carbons (Fsp3) is 0.562. The van der Waals surface area contributed by atoms with Gasteiger partial charge in [-0.1, -0.05) is 19.1 Å². The summed E-state index contributed by atoms with van der Waals surface area (Å²) in [6.07, 6.45) is 2.15. The molecule has 136 valence electrons. The van der Waals surface area contributed by atoms with Crippen LogP contribution >= 0.6 is 8.38 Å². The van der Waals surface area contributed by atoms with Gasteiger partial charge in [0, 0.05) is 25.7 Å². The van der Waals surface area contributed by atoms with Crippen LogP contribution in [0.1, 0.15) is 26.3 Å². The molecule has 1 aromatic rings. The lowest BCUT2D eigenvalue weighted by atomic mass is 9.89. The van der Waals surface area contributed by atoms with E-state index < -0.39 is 43.9 Å². The topological polar surface area (TPSA) is 97.1 Å². The van der Waals surface area contributed by atoms with E-state index in [1.54, 1.807) is 12.7 Å². The van der Waals surface area contributed by atoms with Crippen molar-refractivity contribution in [3.8, 4) is 6.07 Å². The smallest absolute Gasteiger partial charge is 0.328 e. The van der Waals surface area contributed by atoms with Crippen molar-refractivity contribution in [1.29, 1.82) is 5.26 Å². The van der Waals surface area contributed by atoms with E-state index in [4.69, 9.17) is 15.7 Å². The summed E-state index contributed by atoms with van der Waals surface area (Å²) in [6, 6.07) is 0.997. The van der Waals surface area contributed by atoms with Gasteiger partial charge in [-0.2, -0.15) is 5.26 Å². The van der Waals surface area contributed by atoms with E-state index in [2.05, 4.69) is 4.98 Å². The molecule has 0 radical (unpaired) electrons. The van der Waals surface area contributed by atoms with Crippen LogP contribution in [0, 0.1) is 24.2 Å². The number of hydrogen-bond acceptors (Lipinski definition) is 5. The lowest BCUT2D eigenvalue weighted by Gasteiger charge is -2.35. The van der Waals surface area contributed by atoms with Gasteiger partial charge in [0.1, 0.15) is 6.10 Å². The molecule has 1 N–H and O–H groups in total. The largest absolute Gasteiger partial charge is 0.333 e. The Balaban J connectivity index is 2.24. The van der Waals surface area contributed by atoms with Gasteiger partial charge in [-0.15, -0.1) is 0 Å².